The van der Waals surface area contributed by atoms with Gasteiger partial charge in [-0.1, -0.05) is 6.07 Å². The number of benzene rings is 1. The van der Waals surface area contributed by atoms with Gasteiger partial charge in [-0.2, -0.15) is 0 Å². The van der Waals surface area contributed by atoms with Gasteiger partial charge in [0.05, 0.1) is 25.8 Å². The Balaban J connectivity index is 1.90. The SMILES string of the molecule is COC(=O)c1ccc(C)c(NC(=O)CN2CCCN(CC(=O)N(C)C)CC2)c1. The molecule has 1 aromatic rings. The molecule has 0 spiro atoms. The van der Waals surface area contributed by atoms with E-state index < -0.39 is 5.97 Å². The molecule has 2 rings (SSSR count). The van der Waals surface area contributed by atoms with Gasteiger partial charge in [0.1, 0.15) is 0 Å². The Kier molecular flexibility index (Phi) is 7.95. The number of esters is 1. The molecular formula is C20H30N4O4. The van der Waals surface area contributed by atoms with Crippen molar-refractivity contribution in [1.82, 2.24) is 14.7 Å². The summed E-state index contributed by atoms with van der Waals surface area (Å²) >= 11 is 0. The Hall–Kier alpha value is -2.45. The van der Waals surface area contributed by atoms with Crippen LogP contribution in [0.2, 0.25) is 0 Å². The molecule has 8 heteroatoms. The normalized spacial score (nSPS) is 15.6. The van der Waals surface area contributed by atoms with Crippen molar-refractivity contribution in [2.75, 3.05) is 65.8 Å². The summed E-state index contributed by atoms with van der Waals surface area (Å²) < 4.78 is 4.73. The molecule has 0 saturated carbocycles. The number of rotatable bonds is 6. The smallest absolute Gasteiger partial charge is 0.337 e. The highest BCUT2D eigenvalue weighted by molar-refractivity contribution is 5.96. The highest BCUT2D eigenvalue weighted by Gasteiger charge is 2.20. The van der Waals surface area contributed by atoms with Crippen molar-refractivity contribution in [2.45, 2.75) is 13.3 Å². The topological polar surface area (TPSA) is 82.2 Å². The lowest BCUT2D eigenvalue weighted by Gasteiger charge is -2.22. The van der Waals surface area contributed by atoms with Gasteiger partial charge in [0.15, 0.2) is 0 Å². The van der Waals surface area contributed by atoms with Crippen molar-refractivity contribution >= 4 is 23.5 Å². The molecule has 0 atom stereocenters. The number of amides is 2. The Morgan fingerprint density at radius 1 is 1.07 bits per heavy atom. The lowest BCUT2D eigenvalue weighted by molar-refractivity contribution is -0.129. The number of anilines is 1. The van der Waals surface area contributed by atoms with E-state index in [1.54, 1.807) is 37.2 Å². The number of nitrogens with zero attached hydrogens (tertiary/aromatic N) is 3. The van der Waals surface area contributed by atoms with E-state index in [0.29, 0.717) is 17.8 Å². The zero-order valence-corrected chi connectivity index (χ0v) is 17.2. The number of likely N-dealkylation sites (N-methyl/N-ethyl adjacent to an activating group) is 1. The van der Waals surface area contributed by atoms with Crippen molar-refractivity contribution < 1.29 is 19.1 Å². The van der Waals surface area contributed by atoms with Gasteiger partial charge >= 0.3 is 5.97 Å². The van der Waals surface area contributed by atoms with Gasteiger partial charge in [-0.05, 0) is 44.1 Å². The monoisotopic (exact) mass is 390 g/mol. The van der Waals surface area contributed by atoms with Crippen LogP contribution < -0.4 is 5.32 Å². The van der Waals surface area contributed by atoms with Crippen LogP contribution >= 0.6 is 0 Å². The summed E-state index contributed by atoms with van der Waals surface area (Å²) in [5.74, 6) is -0.467. The first-order chi connectivity index (χ1) is 13.3. The van der Waals surface area contributed by atoms with E-state index in [1.807, 2.05) is 6.92 Å². The molecule has 1 saturated heterocycles. The summed E-state index contributed by atoms with van der Waals surface area (Å²) in [5, 5.41) is 2.89. The van der Waals surface area contributed by atoms with E-state index in [2.05, 4.69) is 15.1 Å². The number of carbonyl (C=O) groups excluding carboxylic acids is 3. The van der Waals surface area contributed by atoms with Gasteiger partial charge in [-0.3, -0.25) is 19.4 Å². The maximum Gasteiger partial charge on any atom is 0.337 e. The molecule has 0 unspecified atom stereocenters. The number of methoxy groups -OCH3 is 1. The van der Waals surface area contributed by atoms with Gasteiger partial charge < -0.3 is 15.0 Å². The Morgan fingerprint density at radius 3 is 2.32 bits per heavy atom. The van der Waals surface area contributed by atoms with Crippen molar-refractivity contribution in [2.24, 2.45) is 0 Å². The number of hydrogen-bond acceptors (Lipinski definition) is 6. The average Bonchev–Trinajstić information content (AvgIpc) is 2.87. The van der Waals surface area contributed by atoms with Gasteiger partial charge in [-0.25, -0.2) is 4.79 Å². The Bertz CT molecular complexity index is 720. The van der Waals surface area contributed by atoms with Gasteiger partial charge in [0.25, 0.3) is 0 Å². The second kappa shape index (κ2) is 10.2. The van der Waals surface area contributed by atoms with E-state index in [-0.39, 0.29) is 18.4 Å². The standard InChI is InChI=1S/C20H30N4O4/c1-15-6-7-16(20(27)28-4)12-17(15)21-18(25)13-23-8-5-9-24(11-10-23)14-19(26)22(2)3/h6-7,12H,5,8-11,13-14H2,1-4H3,(H,21,25). The number of aryl methyl sites for hydroxylation is 1. The van der Waals surface area contributed by atoms with Crippen molar-refractivity contribution in [3.8, 4) is 0 Å². The molecule has 0 aliphatic carbocycles. The van der Waals surface area contributed by atoms with E-state index in [0.717, 1.165) is 38.2 Å². The summed E-state index contributed by atoms with van der Waals surface area (Å²) in [6, 6.07) is 5.10. The molecule has 1 heterocycles. The molecule has 8 nitrogen and oxygen atoms in total. The highest BCUT2D eigenvalue weighted by Crippen LogP contribution is 2.17. The summed E-state index contributed by atoms with van der Waals surface area (Å²) in [4.78, 5) is 41.9. The number of ether oxygens (including phenoxy) is 1. The third kappa shape index (κ3) is 6.31. The molecule has 0 radical (unpaired) electrons. The molecule has 1 fully saturated rings. The van der Waals surface area contributed by atoms with Crippen LogP contribution in [0.25, 0.3) is 0 Å². The van der Waals surface area contributed by atoms with Crippen LogP contribution in [0.1, 0.15) is 22.3 Å². The zero-order valence-electron chi connectivity index (χ0n) is 17.2. The molecule has 2 amide bonds. The highest BCUT2D eigenvalue weighted by atomic mass is 16.5. The quantitative estimate of drug-likeness (QED) is 0.724. The maximum absolute atomic E-state index is 12.5. The number of nitrogens with one attached hydrogen (secondary N) is 1. The van der Waals surface area contributed by atoms with E-state index in [4.69, 9.17) is 4.74 Å². The Labute approximate surface area is 166 Å². The first kappa shape index (κ1) is 21.8. The van der Waals surface area contributed by atoms with Crippen LogP contribution in [0.3, 0.4) is 0 Å². The molecule has 0 aromatic heterocycles. The van der Waals surface area contributed by atoms with E-state index in [9.17, 15) is 14.4 Å². The predicted molar refractivity (Wildman–Crippen MR) is 107 cm³/mol. The molecule has 1 N–H and O–H groups in total. The molecule has 0 bridgehead atoms. The summed E-state index contributed by atoms with van der Waals surface area (Å²) in [6.45, 7) is 5.70. The van der Waals surface area contributed by atoms with Crippen LogP contribution in [0.15, 0.2) is 18.2 Å². The fraction of sp³-hybridized carbons (Fsp3) is 0.550. The van der Waals surface area contributed by atoms with Gasteiger partial charge in [0.2, 0.25) is 11.8 Å². The van der Waals surface area contributed by atoms with Crippen LogP contribution in [-0.2, 0) is 14.3 Å². The summed E-state index contributed by atoms with van der Waals surface area (Å²) in [5.41, 5.74) is 1.89. The first-order valence-corrected chi connectivity index (χ1v) is 9.44. The van der Waals surface area contributed by atoms with Crippen LogP contribution in [0.5, 0.6) is 0 Å². The minimum Gasteiger partial charge on any atom is -0.465 e. The van der Waals surface area contributed by atoms with Crippen molar-refractivity contribution in [3.05, 3.63) is 29.3 Å². The molecule has 28 heavy (non-hydrogen) atoms. The van der Waals surface area contributed by atoms with Crippen LogP contribution in [-0.4, -0.2) is 93.0 Å². The summed E-state index contributed by atoms with van der Waals surface area (Å²) in [6.07, 6.45) is 0.908. The van der Waals surface area contributed by atoms with Crippen molar-refractivity contribution in [3.63, 3.8) is 0 Å². The third-order valence-corrected chi connectivity index (χ3v) is 4.84. The van der Waals surface area contributed by atoms with Crippen LogP contribution in [0, 0.1) is 6.92 Å². The minimum atomic E-state index is -0.435. The van der Waals surface area contributed by atoms with Crippen molar-refractivity contribution in [1.29, 1.82) is 0 Å². The second-order valence-electron chi connectivity index (χ2n) is 7.26. The maximum atomic E-state index is 12.5. The number of hydrogen-bond donors (Lipinski definition) is 1. The average molecular weight is 390 g/mol. The minimum absolute atomic E-state index is 0.0900. The molecule has 154 valence electrons. The van der Waals surface area contributed by atoms with E-state index in [1.165, 1.54) is 7.11 Å². The fourth-order valence-corrected chi connectivity index (χ4v) is 3.07. The predicted octanol–water partition coefficient (Wildman–Crippen LogP) is 0.816. The molecular weight excluding hydrogens is 360 g/mol. The first-order valence-electron chi connectivity index (χ1n) is 9.44. The van der Waals surface area contributed by atoms with E-state index >= 15 is 0 Å². The zero-order chi connectivity index (χ0) is 20.7. The van der Waals surface area contributed by atoms with Gasteiger partial charge in [-0.15, -0.1) is 0 Å². The molecule has 1 aromatic carbocycles. The fourth-order valence-electron chi connectivity index (χ4n) is 3.07. The molecule has 1 aliphatic rings. The van der Waals surface area contributed by atoms with Crippen LogP contribution in [0.4, 0.5) is 5.69 Å². The lowest BCUT2D eigenvalue weighted by atomic mass is 10.1. The number of carbonyl (C=O) groups is 3. The lowest BCUT2D eigenvalue weighted by Crippen LogP contribution is -2.39. The second-order valence-corrected chi connectivity index (χ2v) is 7.26. The third-order valence-electron chi connectivity index (χ3n) is 4.84. The molecule has 1 aliphatic heterocycles. The Morgan fingerprint density at radius 2 is 1.71 bits per heavy atom. The largest absolute Gasteiger partial charge is 0.465 e. The summed E-state index contributed by atoms with van der Waals surface area (Å²) in [7, 11) is 4.84. The van der Waals surface area contributed by atoms with Gasteiger partial charge in [0, 0.05) is 32.9 Å².